The summed E-state index contributed by atoms with van der Waals surface area (Å²) < 4.78 is 0. The van der Waals surface area contributed by atoms with Crippen molar-refractivity contribution >= 4 is 0 Å². The van der Waals surface area contributed by atoms with E-state index in [1.54, 1.807) is 0 Å². The van der Waals surface area contributed by atoms with Gasteiger partial charge in [-0.1, -0.05) is 26.2 Å². The van der Waals surface area contributed by atoms with Gasteiger partial charge in [-0.05, 0) is 31.2 Å². The molecular weight excluding hydrogens is 210 g/mol. The van der Waals surface area contributed by atoms with E-state index in [4.69, 9.17) is 0 Å². The first-order valence-corrected chi connectivity index (χ1v) is 6.89. The maximum atomic E-state index is 4.26. The van der Waals surface area contributed by atoms with Crippen LogP contribution in [-0.2, 0) is 6.54 Å². The van der Waals surface area contributed by atoms with Crippen LogP contribution in [0.15, 0.2) is 18.5 Å². The lowest BCUT2D eigenvalue weighted by Crippen LogP contribution is -2.36. The van der Waals surface area contributed by atoms with Crippen LogP contribution < -0.4 is 5.32 Å². The quantitative estimate of drug-likeness (QED) is 0.849. The van der Waals surface area contributed by atoms with Crippen molar-refractivity contribution in [3.05, 3.63) is 24.3 Å². The van der Waals surface area contributed by atoms with Crippen molar-refractivity contribution < 1.29 is 0 Å². The Hall–Kier alpha value is -0.960. The number of nitrogens with zero attached hydrogens (tertiary/aromatic N) is 2. The van der Waals surface area contributed by atoms with Gasteiger partial charge in [-0.2, -0.15) is 0 Å². The van der Waals surface area contributed by atoms with Crippen LogP contribution in [0.2, 0.25) is 0 Å². The lowest BCUT2D eigenvalue weighted by atomic mass is 9.83. The standard InChI is InChI=1S/C14H23N3/c1-2-13(12-7-4-3-5-8-12)17-11-14-15-9-6-10-16-14/h6,9-10,12-13,17H,2-5,7-8,11H2,1H3. The largest absolute Gasteiger partial charge is 0.307 e. The van der Waals surface area contributed by atoms with E-state index in [0.717, 1.165) is 18.3 Å². The molecule has 0 saturated heterocycles. The van der Waals surface area contributed by atoms with Gasteiger partial charge in [-0.15, -0.1) is 0 Å². The molecule has 3 nitrogen and oxygen atoms in total. The predicted octanol–water partition coefficient (Wildman–Crippen LogP) is 2.93. The maximum absolute atomic E-state index is 4.26. The van der Waals surface area contributed by atoms with Gasteiger partial charge in [-0.3, -0.25) is 0 Å². The minimum absolute atomic E-state index is 0.638. The zero-order valence-corrected chi connectivity index (χ0v) is 10.7. The molecule has 0 amide bonds. The summed E-state index contributed by atoms with van der Waals surface area (Å²) in [5.41, 5.74) is 0. The summed E-state index contributed by atoms with van der Waals surface area (Å²) in [6, 6.07) is 2.50. The molecule has 94 valence electrons. The third-order valence-electron chi connectivity index (χ3n) is 3.80. The molecule has 1 aliphatic rings. The smallest absolute Gasteiger partial charge is 0.141 e. The molecule has 2 rings (SSSR count). The zero-order valence-electron chi connectivity index (χ0n) is 10.7. The highest BCUT2D eigenvalue weighted by atomic mass is 15.0. The van der Waals surface area contributed by atoms with Crippen LogP contribution in [0.4, 0.5) is 0 Å². The summed E-state index contributed by atoms with van der Waals surface area (Å²) in [5.74, 6) is 1.76. The van der Waals surface area contributed by atoms with Crippen LogP contribution in [0.1, 0.15) is 51.3 Å². The maximum Gasteiger partial charge on any atom is 0.141 e. The minimum atomic E-state index is 0.638. The van der Waals surface area contributed by atoms with Gasteiger partial charge in [0.05, 0.1) is 6.54 Å². The highest BCUT2D eigenvalue weighted by Crippen LogP contribution is 2.27. The molecule has 1 aromatic heterocycles. The Labute approximate surface area is 104 Å². The third kappa shape index (κ3) is 3.77. The first kappa shape index (κ1) is 12.5. The van der Waals surface area contributed by atoms with Crippen molar-refractivity contribution in [3.8, 4) is 0 Å². The molecule has 1 unspecified atom stereocenters. The number of hydrogen-bond acceptors (Lipinski definition) is 3. The molecule has 0 aliphatic heterocycles. The Morgan fingerprint density at radius 2 is 1.94 bits per heavy atom. The summed E-state index contributed by atoms with van der Waals surface area (Å²) in [4.78, 5) is 8.51. The lowest BCUT2D eigenvalue weighted by molar-refractivity contribution is 0.260. The third-order valence-corrected chi connectivity index (χ3v) is 3.80. The summed E-state index contributed by atoms with van der Waals surface area (Å²) in [5, 5.41) is 3.63. The van der Waals surface area contributed by atoms with E-state index in [1.807, 2.05) is 18.5 Å². The summed E-state index contributed by atoms with van der Waals surface area (Å²) in [7, 11) is 0. The SMILES string of the molecule is CCC(NCc1ncccn1)C1CCCCC1. The molecule has 1 atom stereocenters. The van der Waals surface area contributed by atoms with E-state index in [2.05, 4.69) is 22.2 Å². The van der Waals surface area contributed by atoms with Crippen LogP contribution in [0, 0.1) is 5.92 Å². The fourth-order valence-corrected chi connectivity index (χ4v) is 2.82. The minimum Gasteiger partial charge on any atom is -0.307 e. The fraction of sp³-hybridized carbons (Fsp3) is 0.714. The summed E-state index contributed by atoms with van der Waals surface area (Å²) in [6.45, 7) is 3.08. The summed E-state index contributed by atoms with van der Waals surface area (Å²) in [6.07, 6.45) is 11.8. The molecule has 0 aromatic carbocycles. The van der Waals surface area contributed by atoms with E-state index in [0.29, 0.717) is 6.04 Å². The van der Waals surface area contributed by atoms with Crippen molar-refractivity contribution in [2.45, 2.75) is 58.0 Å². The van der Waals surface area contributed by atoms with Gasteiger partial charge in [0.1, 0.15) is 5.82 Å². The number of nitrogens with one attached hydrogen (secondary N) is 1. The first-order chi connectivity index (χ1) is 8.40. The van der Waals surface area contributed by atoms with Crippen LogP contribution in [-0.4, -0.2) is 16.0 Å². The van der Waals surface area contributed by atoms with E-state index >= 15 is 0 Å². The van der Waals surface area contributed by atoms with Gasteiger partial charge < -0.3 is 5.32 Å². The van der Waals surface area contributed by atoms with Gasteiger partial charge >= 0.3 is 0 Å². The Morgan fingerprint density at radius 1 is 1.24 bits per heavy atom. The normalized spacial score (nSPS) is 19.1. The lowest BCUT2D eigenvalue weighted by Gasteiger charge is -2.30. The van der Waals surface area contributed by atoms with Gasteiger partial charge in [0, 0.05) is 18.4 Å². The topological polar surface area (TPSA) is 37.8 Å². The first-order valence-electron chi connectivity index (χ1n) is 6.89. The highest BCUT2D eigenvalue weighted by molar-refractivity contribution is 4.89. The molecule has 1 heterocycles. The van der Waals surface area contributed by atoms with Gasteiger partial charge in [0.25, 0.3) is 0 Å². The monoisotopic (exact) mass is 233 g/mol. The van der Waals surface area contributed by atoms with Crippen molar-refractivity contribution in [2.24, 2.45) is 5.92 Å². The van der Waals surface area contributed by atoms with Crippen LogP contribution >= 0.6 is 0 Å². The molecule has 0 bridgehead atoms. The molecule has 1 aliphatic carbocycles. The molecule has 0 spiro atoms. The Kier molecular flexibility index (Phi) is 4.92. The molecule has 17 heavy (non-hydrogen) atoms. The molecular formula is C14H23N3. The average Bonchev–Trinajstić information content (AvgIpc) is 2.42. The predicted molar refractivity (Wildman–Crippen MR) is 69.5 cm³/mol. The molecule has 3 heteroatoms. The highest BCUT2D eigenvalue weighted by Gasteiger charge is 2.21. The van der Waals surface area contributed by atoms with Crippen LogP contribution in [0.25, 0.3) is 0 Å². The van der Waals surface area contributed by atoms with Gasteiger partial charge in [0.15, 0.2) is 0 Å². The number of aromatic nitrogens is 2. The second kappa shape index (κ2) is 6.70. The fourth-order valence-electron chi connectivity index (χ4n) is 2.82. The average molecular weight is 233 g/mol. The van der Waals surface area contributed by atoms with E-state index in [-0.39, 0.29) is 0 Å². The number of rotatable bonds is 5. The second-order valence-corrected chi connectivity index (χ2v) is 4.96. The Bertz CT molecular complexity index is 307. The van der Waals surface area contributed by atoms with Crippen molar-refractivity contribution in [1.82, 2.24) is 15.3 Å². The van der Waals surface area contributed by atoms with Crippen molar-refractivity contribution in [1.29, 1.82) is 0 Å². The van der Waals surface area contributed by atoms with Crippen LogP contribution in [0.5, 0.6) is 0 Å². The van der Waals surface area contributed by atoms with Crippen LogP contribution in [0.3, 0.4) is 0 Å². The van der Waals surface area contributed by atoms with Crippen molar-refractivity contribution in [3.63, 3.8) is 0 Å². The molecule has 1 N–H and O–H groups in total. The van der Waals surface area contributed by atoms with E-state index < -0.39 is 0 Å². The van der Waals surface area contributed by atoms with Gasteiger partial charge in [-0.25, -0.2) is 9.97 Å². The molecule has 1 fully saturated rings. The Morgan fingerprint density at radius 3 is 2.59 bits per heavy atom. The zero-order chi connectivity index (χ0) is 11.9. The Balaban J connectivity index is 1.82. The molecule has 0 radical (unpaired) electrons. The van der Waals surface area contributed by atoms with E-state index in [9.17, 15) is 0 Å². The van der Waals surface area contributed by atoms with Gasteiger partial charge in [0.2, 0.25) is 0 Å². The molecule has 1 saturated carbocycles. The molecule has 1 aromatic rings. The number of hydrogen-bond donors (Lipinski definition) is 1. The second-order valence-electron chi connectivity index (χ2n) is 4.96. The summed E-state index contributed by atoms with van der Waals surface area (Å²) >= 11 is 0. The van der Waals surface area contributed by atoms with Crippen molar-refractivity contribution in [2.75, 3.05) is 0 Å². The van der Waals surface area contributed by atoms with E-state index in [1.165, 1.54) is 38.5 Å².